The van der Waals surface area contributed by atoms with Crippen molar-refractivity contribution in [2.24, 2.45) is 0 Å². The molecule has 0 saturated heterocycles. The molecule has 1 unspecified atom stereocenters. The minimum Gasteiger partial charge on any atom is -0.374 e. The number of halogens is 2. The van der Waals surface area contributed by atoms with E-state index in [1.165, 1.54) is 0 Å². The quantitative estimate of drug-likeness (QED) is 0.763. The molecule has 2 nitrogen and oxygen atoms in total. The predicted octanol–water partition coefficient (Wildman–Crippen LogP) is 4.75. The predicted molar refractivity (Wildman–Crippen MR) is 74.5 cm³/mol. The Bertz CT molecular complexity index is 544. The zero-order chi connectivity index (χ0) is 12.4. The van der Waals surface area contributed by atoms with Crippen molar-refractivity contribution in [2.75, 3.05) is 6.61 Å². The maximum absolute atomic E-state index is 6.17. The molecule has 17 heavy (non-hydrogen) atoms. The molecule has 0 aliphatic heterocycles. The summed E-state index contributed by atoms with van der Waals surface area (Å²) in [6, 6.07) is 7.97. The first kappa shape index (κ1) is 12.8. The van der Waals surface area contributed by atoms with Crippen molar-refractivity contribution in [1.29, 1.82) is 0 Å². The zero-order valence-corrected chi connectivity index (χ0v) is 12.0. The second-order valence-corrected chi connectivity index (χ2v) is 5.08. The molecule has 0 aliphatic rings. The highest BCUT2D eigenvalue weighted by molar-refractivity contribution is 9.10. The van der Waals surface area contributed by atoms with Crippen LogP contribution in [0.3, 0.4) is 0 Å². The maximum atomic E-state index is 6.17. The Morgan fingerprint density at radius 1 is 1.41 bits per heavy atom. The van der Waals surface area contributed by atoms with Gasteiger partial charge >= 0.3 is 0 Å². The minimum absolute atomic E-state index is 0.0385. The molecule has 4 heteroatoms. The van der Waals surface area contributed by atoms with Crippen molar-refractivity contribution in [1.82, 2.24) is 4.98 Å². The summed E-state index contributed by atoms with van der Waals surface area (Å²) < 4.78 is 6.58. The van der Waals surface area contributed by atoms with Crippen molar-refractivity contribution in [3.8, 4) is 0 Å². The first-order valence-corrected chi connectivity index (χ1v) is 6.66. The molecule has 1 atom stereocenters. The Morgan fingerprint density at radius 3 is 2.88 bits per heavy atom. The summed E-state index contributed by atoms with van der Waals surface area (Å²) in [5, 5.41) is 1.58. The van der Waals surface area contributed by atoms with E-state index in [9.17, 15) is 0 Å². The molecule has 2 aromatic rings. The van der Waals surface area contributed by atoms with E-state index in [1.54, 1.807) is 0 Å². The van der Waals surface area contributed by atoms with E-state index in [-0.39, 0.29) is 6.10 Å². The molecule has 0 fully saturated rings. The Hall–Kier alpha value is -0.640. The molecule has 0 aliphatic carbocycles. The number of rotatable bonds is 3. The van der Waals surface area contributed by atoms with E-state index >= 15 is 0 Å². The van der Waals surface area contributed by atoms with Crippen LogP contribution in [0, 0.1) is 0 Å². The van der Waals surface area contributed by atoms with Gasteiger partial charge in [0.05, 0.1) is 11.6 Å². The van der Waals surface area contributed by atoms with Gasteiger partial charge in [-0.25, -0.2) is 4.98 Å². The van der Waals surface area contributed by atoms with Gasteiger partial charge < -0.3 is 4.74 Å². The fraction of sp³-hybridized carbons (Fsp3) is 0.308. The Kier molecular flexibility index (Phi) is 4.02. The van der Waals surface area contributed by atoms with Gasteiger partial charge in [-0.2, -0.15) is 0 Å². The third-order valence-electron chi connectivity index (χ3n) is 2.61. The van der Waals surface area contributed by atoms with E-state index in [1.807, 2.05) is 38.1 Å². The van der Waals surface area contributed by atoms with Crippen molar-refractivity contribution in [2.45, 2.75) is 20.0 Å². The smallest absolute Gasteiger partial charge is 0.135 e. The first-order valence-electron chi connectivity index (χ1n) is 5.49. The highest BCUT2D eigenvalue weighted by Gasteiger charge is 2.12. The van der Waals surface area contributed by atoms with Gasteiger partial charge in [-0.05, 0) is 38.1 Å². The van der Waals surface area contributed by atoms with E-state index < -0.39 is 0 Å². The van der Waals surface area contributed by atoms with Crippen LogP contribution in [0.4, 0.5) is 0 Å². The Labute approximate surface area is 114 Å². The summed E-state index contributed by atoms with van der Waals surface area (Å²) in [5.41, 5.74) is 1.82. The van der Waals surface area contributed by atoms with Crippen LogP contribution < -0.4 is 0 Å². The van der Waals surface area contributed by atoms with Crippen LogP contribution >= 0.6 is 27.5 Å². The number of pyridine rings is 1. The molecular weight excluding hydrogens is 302 g/mol. The second-order valence-electron chi connectivity index (χ2n) is 3.80. The minimum atomic E-state index is -0.0385. The maximum Gasteiger partial charge on any atom is 0.135 e. The molecular formula is C13H13BrClNO. The van der Waals surface area contributed by atoms with Gasteiger partial charge in [0.15, 0.2) is 0 Å². The molecule has 0 bridgehead atoms. The second kappa shape index (κ2) is 5.34. The van der Waals surface area contributed by atoms with Gasteiger partial charge in [-0.1, -0.05) is 27.5 Å². The molecule has 1 aromatic carbocycles. The third-order valence-corrected chi connectivity index (χ3v) is 3.41. The number of hydrogen-bond donors (Lipinski definition) is 0. The normalized spacial score (nSPS) is 12.9. The number of hydrogen-bond acceptors (Lipinski definition) is 2. The number of fused-ring (bicyclic) bond motifs is 1. The van der Waals surface area contributed by atoms with E-state index in [4.69, 9.17) is 16.3 Å². The van der Waals surface area contributed by atoms with Crippen LogP contribution in [0.5, 0.6) is 0 Å². The number of ether oxygens (including phenoxy) is 1. The molecule has 0 spiro atoms. The summed E-state index contributed by atoms with van der Waals surface area (Å²) in [6.45, 7) is 4.61. The van der Waals surface area contributed by atoms with Gasteiger partial charge in [-0.3, -0.25) is 0 Å². The van der Waals surface area contributed by atoms with Gasteiger partial charge in [-0.15, -0.1) is 0 Å². The summed E-state index contributed by atoms with van der Waals surface area (Å²) >= 11 is 9.62. The lowest BCUT2D eigenvalue weighted by molar-refractivity contribution is 0.0763. The van der Waals surface area contributed by atoms with Gasteiger partial charge in [0.1, 0.15) is 5.15 Å². The standard InChI is InChI=1S/C13H13BrClNO/c1-3-17-8(2)11-7-9-6-10(14)4-5-12(9)16-13(11)15/h4-8H,3H2,1-2H3. The lowest BCUT2D eigenvalue weighted by Crippen LogP contribution is -2.01. The highest BCUT2D eigenvalue weighted by Crippen LogP contribution is 2.28. The van der Waals surface area contributed by atoms with Crippen LogP contribution in [0.15, 0.2) is 28.7 Å². The van der Waals surface area contributed by atoms with Gasteiger partial charge in [0.2, 0.25) is 0 Å². The molecule has 1 heterocycles. The largest absolute Gasteiger partial charge is 0.374 e. The van der Waals surface area contributed by atoms with Crippen LogP contribution in [0.25, 0.3) is 10.9 Å². The summed E-state index contributed by atoms with van der Waals surface area (Å²) in [5.74, 6) is 0. The Morgan fingerprint density at radius 2 is 2.18 bits per heavy atom. The summed E-state index contributed by atoms with van der Waals surface area (Å²) in [7, 11) is 0. The zero-order valence-electron chi connectivity index (χ0n) is 9.71. The molecule has 2 rings (SSSR count). The molecule has 1 aromatic heterocycles. The van der Waals surface area contributed by atoms with Crippen LogP contribution in [-0.4, -0.2) is 11.6 Å². The number of aromatic nitrogens is 1. The fourth-order valence-electron chi connectivity index (χ4n) is 1.77. The molecule has 0 radical (unpaired) electrons. The fourth-order valence-corrected chi connectivity index (χ4v) is 2.44. The lowest BCUT2D eigenvalue weighted by Gasteiger charge is -2.14. The van der Waals surface area contributed by atoms with Crippen molar-refractivity contribution >= 4 is 38.4 Å². The topological polar surface area (TPSA) is 22.1 Å². The average molecular weight is 315 g/mol. The highest BCUT2D eigenvalue weighted by atomic mass is 79.9. The third kappa shape index (κ3) is 2.79. The first-order chi connectivity index (χ1) is 8.11. The monoisotopic (exact) mass is 313 g/mol. The van der Waals surface area contributed by atoms with E-state index in [0.717, 1.165) is 20.9 Å². The van der Waals surface area contributed by atoms with Crippen LogP contribution in [0.1, 0.15) is 25.5 Å². The molecule has 0 N–H and O–H groups in total. The summed E-state index contributed by atoms with van der Waals surface area (Å²) in [4.78, 5) is 4.38. The lowest BCUT2D eigenvalue weighted by atomic mass is 10.1. The van der Waals surface area contributed by atoms with Crippen LogP contribution in [-0.2, 0) is 4.74 Å². The molecule has 0 amide bonds. The van der Waals surface area contributed by atoms with Crippen molar-refractivity contribution < 1.29 is 4.74 Å². The van der Waals surface area contributed by atoms with Crippen LogP contribution in [0.2, 0.25) is 5.15 Å². The average Bonchev–Trinajstić information content (AvgIpc) is 2.29. The molecule has 90 valence electrons. The summed E-state index contributed by atoms with van der Waals surface area (Å²) in [6.07, 6.45) is -0.0385. The van der Waals surface area contributed by atoms with E-state index in [0.29, 0.717) is 11.8 Å². The van der Waals surface area contributed by atoms with Gasteiger partial charge in [0, 0.05) is 22.0 Å². The Balaban J connectivity index is 2.53. The van der Waals surface area contributed by atoms with Gasteiger partial charge in [0.25, 0.3) is 0 Å². The van der Waals surface area contributed by atoms with E-state index in [2.05, 4.69) is 20.9 Å². The number of nitrogens with zero attached hydrogens (tertiary/aromatic N) is 1. The van der Waals surface area contributed by atoms with Crippen molar-refractivity contribution in [3.63, 3.8) is 0 Å². The van der Waals surface area contributed by atoms with Crippen molar-refractivity contribution in [3.05, 3.63) is 39.5 Å². The number of benzene rings is 1. The molecule has 0 saturated carbocycles. The SMILES string of the molecule is CCOC(C)c1cc2cc(Br)ccc2nc1Cl.